The summed E-state index contributed by atoms with van der Waals surface area (Å²) < 4.78 is 0. The van der Waals surface area contributed by atoms with Gasteiger partial charge in [0.1, 0.15) is 0 Å². The fraction of sp³-hybridized carbons (Fsp3) is 0.316. The van der Waals surface area contributed by atoms with Crippen LogP contribution < -0.4 is 10.6 Å². The maximum absolute atomic E-state index is 12.2. The minimum atomic E-state index is -0.175. The van der Waals surface area contributed by atoms with Crippen LogP contribution in [0.3, 0.4) is 0 Å². The minimum Gasteiger partial charge on any atom is -0.392 e. The Balaban J connectivity index is 1.62. The summed E-state index contributed by atoms with van der Waals surface area (Å²) in [7, 11) is 0. The monoisotopic (exact) mass is 310 g/mol. The molecular formula is C19H22N2O2. The number of carbonyl (C=O) groups is 1. The number of fused-ring (bicyclic) bond motifs is 1. The summed E-state index contributed by atoms with van der Waals surface area (Å²) in [6.07, 6.45) is 0.995. The Labute approximate surface area is 136 Å². The third kappa shape index (κ3) is 3.37. The number of rotatable bonds is 4. The molecule has 2 amide bonds. The second kappa shape index (κ2) is 6.84. The molecule has 3 N–H and O–H groups in total. The van der Waals surface area contributed by atoms with Gasteiger partial charge in [-0.25, -0.2) is 4.79 Å². The van der Waals surface area contributed by atoms with E-state index in [1.165, 1.54) is 11.1 Å². The van der Waals surface area contributed by atoms with Gasteiger partial charge in [0, 0.05) is 6.54 Å². The van der Waals surface area contributed by atoms with Crippen LogP contribution in [0.2, 0.25) is 0 Å². The van der Waals surface area contributed by atoms with Crippen molar-refractivity contribution >= 4 is 6.03 Å². The van der Waals surface area contributed by atoms with E-state index < -0.39 is 0 Å². The van der Waals surface area contributed by atoms with Crippen LogP contribution in [0.15, 0.2) is 48.5 Å². The summed E-state index contributed by atoms with van der Waals surface area (Å²) in [5.41, 5.74) is 4.30. The molecule has 2 atom stereocenters. The fourth-order valence-corrected chi connectivity index (χ4v) is 3.27. The number of amides is 2. The van der Waals surface area contributed by atoms with Crippen LogP contribution in [0.4, 0.5) is 4.79 Å². The molecule has 2 aromatic carbocycles. The zero-order valence-corrected chi connectivity index (χ0v) is 13.3. The molecule has 0 heterocycles. The largest absolute Gasteiger partial charge is 0.392 e. The molecule has 0 saturated heterocycles. The third-order valence-electron chi connectivity index (χ3n) is 4.52. The van der Waals surface area contributed by atoms with Crippen LogP contribution in [0.5, 0.6) is 0 Å². The van der Waals surface area contributed by atoms with Crippen LogP contribution in [-0.2, 0) is 19.6 Å². The van der Waals surface area contributed by atoms with Crippen molar-refractivity contribution in [2.24, 2.45) is 5.92 Å². The highest BCUT2D eigenvalue weighted by atomic mass is 16.3. The molecule has 1 aliphatic rings. The average molecular weight is 310 g/mol. The number of urea groups is 1. The Morgan fingerprint density at radius 2 is 1.83 bits per heavy atom. The number of aliphatic hydroxyl groups is 1. The van der Waals surface area contributed by atoms with Crippen LogP contribution in [0, 0.1) is 5.92 Å². The Morgan fingerprint density at radius 3 is 2.61 bits per heavy atom. The quantitative estimate of drug-likeness (QED) is 0.813. The molecule has 3 rings (SSSR count). The topological polar surface area (TPSA) is 61.4 Å². The molecule has 0 bridgehead atoms. The number of carbonyl (C=O) groups excluding carboxylic acids is 1. The minimum absolute atomic E-state index is 0.0213. The van der Waals surface area contributed by atoms with E-state index in [-0.39, 0.29) is 18.7 Å². The highest BCUT2D eigenvalue weighted by Gasteiger charge is 2.29. The number of hydrogen-bond donors (Lipinski definition) is 3. The second-order valence-electron chi connectivity index (χ2n) is 6.11. The van der Waals surface area contributed by atoms with Crippen LogP contribution in [0.1, 0.15) is 35.2 Å². The van der Waals surface area contributed by atoms with Gasteiger partial charge in [0.25, 0.3) is 0 Å². The van der Waals surface area contributed by atoms with Crippen molar-refractivity contribution < 1.29 is 9.90 Å². The molecule has 0 fully saturated rings. The van der Waals surface area contributed by atoms with E-state index in [1.54, 1.807) is 0 Å². The number of nitrogens with one attached hydrogen (secondary N) is 2. The second-order valence-corrected chi connectivity index (χ2v) is 6.11. The summed E-state index contributed by atoms with van der Waals surface area (Å²) >= 11 is 0. The van der Waals surface area contributed by atoms with E-state index in [9.17, 15) is 9.90 Å². The van der Waals surface area contributed by atoms with E-state index in [4.69, 9.17) is 0 Å². The molecule has 0 radical (unpaired) electrons. The predicted molar refractivity (Wildman–Crippen MR) is 89.8 cm³/mol. The molecule has 1 aliphatic carbocycles. The Kier molecular flexibility index (Phi) is 4.63. The lowest BCUT2D eigenvalue weighted by Gasteiger charge is -2.19. The lowest BCUT2D eigenvalue weighted by atomic mass is 10.0. The highest BCUT2D eigenvalue weighted by molar-refractivity contribution is 5.74. The van der Waals surface area contributed by atoms with Crippen molar-refractivity contribution in [2.75, 3.05) is 0 Å². The fourth-order valence-electron chi connectivity index (χ4n) is 3.27. The summed E-state index contributed by atoms with van der Waals surface area (Å²) in [6, 6.07) is 15.7. The van der Waals surface area contributed by atoms with Gasteiger partial charge in [-0.15, -0.1) is 0 Å². The van der Waals surface area contributed by atoms with E-state index in [0.29, 0.717) is 12.5 Å². The van der Waals surface area contributed by atoms with E-state index in [0.717, 1.165) is 17.5 Å². The first-order chi connectivity index (χ1) is 11.2. The Bertz CT molecular complexity index is 699. The molecule has 0 saturated carbocycles. The average Bonchev–Trinajstić information content (AvgIpc) is 2.89. The first-order valence-electron chi connectivity index (χ1n) is 7.99. The first kappa shape index (κ1) is 15.6. The van der Waals surface area contributed by atoms with Crippen LogP contribution in [-0.4, -0.2) is 11.1 Å². The van der Waals surface area contributed by atoms with Crippen molar-refractivity contribution in [2.45, 2.75) is 32.5 Å². The van der Waals surface area contributed by atoms with Gasteiger partial charge in [-0.3, -0.25) is 0 Å². The summed E-state index contributed by atoms with van der Waals surface area (Å²) in [6.45, 7) is 2.55. The maximum Gasteiger partial charge on any atom is 0.315 e. The predicted octanol–water partition coefficient (Wildman–Crippen LogP) is 2.91. The summed E-state index contributed by atoms with van der Waals surface area (Å²) in [5.74, 6) is 0.392. The van der Waals surface area contributed by atoms with Crippen molar-refractivity contribution in [3.63, 3.8) is 0 Å². The van der Waals surface area contributed by atoms with Gasteiger partial charge in [0.05, 0.1) is 12.6 Å². The Hall–Kier alpha value is -2.33. The smallest absolute Gasteiger partial charge is 0.315 e. The zero-order chi connectivity index (χ0) is 16.2. The summed E-state index contributed by atoms with van der Waals surface area (Å²) in [5, 5.41) is 15.3. The van der Waals surface area contributed by atoms with E-state index >= 15 is 0 Å². The van der Waals surface area contributed by atoms with E-state index in [1.807, 2.05) is 36.4 Å². The standard InChI is InChI=1S/C19H22N2O2/c1-13-10-14-6-4-5-9-17(14)18(13)21-19(23)20-11-15-7-2-3-8-16(15)12-22/h2-9,13,18,22H,10-12H2,1H3,(H2,20,21,23). The van der Waals surface area contributed by atoms with Gasteiger partial charge in [0.15, 0.2) is 0 Å². The normalized spacial score (nSPS) is 19.2. The molecule has 2 unspecified atom stereocenters. The molecule has 4 nitrogen and oxygen atoms in total. The van der Waals surface area contributed by atoms with Gasteiger partial charge in [-0.1, -0.05) is 55.5 Å². The van der Waals surface area contributed by atoms with E-state index in [2.05, 4.69) is 29.7 Å². The summed E-state index contributed by atoms with van der Waals surface area (Å²) in [4.78, 5) is 12.2. The van der Waals surface area contributed by atoms with Crippen molar-refractivity contribution in [1.29, 1.82) is 0 Å². The molecule has 0 spiro atoms. The van der Waals surface area contributed by atoms with Crippen molar-refractivity contribution in [3.05, 3.63) is 70.8 Å². The third-order valence-corrected chi connectivity index (χ3v) is 4.52. The van der Waals surface area contributed by atoms with Gasteiger partial charge in [0.2, 0.25) is 0 Å². The van der Waals surface area contributed by atoms with Gasteiger partial charge < -0.3 is 15.7 Å². The zero-order valence-electron chi connectivity index (χ0n) is 13.3. The molecule has 4 heteroatoms. The highest BCUT2D eigenvalue weighted by Crippen LogP contribution is 2.35. The SMILES string of the molecule is CC1Cc2ccccc2C1NC(=O)NCc1ccccc1CO. The van der Waals surface area contributed by atoms with Crippen LogP contribution in [0.25, 0.3) is 0 Å². The van der Waals surface area contributed by atoms with Crippen molar-refractivity contribution in [1.82, 2.24) is 10.6 Å². The molecule has 0 aliphatic heterocycles. The lowest BCUT2D eigenvalue weighted by Crippen LogP contribution is -2.38. The lowest BCUT2D eigenvalue weighted by molar-refractivity contribution is 0.233. The maximum atomic E-state index is 12.2. The molecule has 2 aromatic rings. The molecular weight excluding hydrogens is 288 g/mol. The molecule has 23 heavy (non-hydrogen) atoms. The number of benzene rings is 2. The van der Waals surface area contributed by atoms with Crippen molar-refractivity contribution in [3.8, 4) is 0 Å². The van der Waals surface area contributed by atoms with Gasteiger partial charge in [-0.2, -0.15) is 0 Å². The first-order valence-corrected chi connectivity index (χ1v) is 7.99. The number of aliphatic hydroxyl groups excluding tert-OH is 1. The number of hydrogen-bond acceptors (Lipinski definition) is 2. The van der Waals surface area contributed by atoms with Gasteiger partial charge >= 0.3 is 6.03 Å². The molecule has 120 valence electrons. The molecule has 0 aromatic heterocycles. The van der Waals surface area contributed by atoms with Gasteiger partial charge in [-0.05, 0) is 34.6 Å². The Morgan fingerprint density at radius 1 is 1.13 bits per heavy atom. The van der Waals surface area contributed by atoms with Crippen LogP contribution >= 0.6 is 0 Å².